The maximum absolute atomic E-state index is 3.79. The van der Waals surface area contributed by atoms with Gasteiger partial charge in [0.15, 0.2) is 0 Å². The van der Waals surface area contributed by atoms with E-state index >= 15 is 0 Å². The monoisotopic (exact) mass is 129 g/mol. The van der Waals surface area contributed by atoms with Crippen LogP contribution in [0.5, 0.6) is 0 Å². The molecule has 0 aromatic rings. The summed E-state index contributed by atoms with van der Waals surface area (Å²) in [6.07, 6.45) is 3.65. The molecule has 0 spiro atoms. The average Bonchev–Trinajstić information content (AvgIpc) is 1.59. The predicted molar refractivity (Wildman–Crippen MR) is 53.0 cm³/mol. The van der Waals surface area contributed by atoms with Gasteiger partial charge in [-0.2, -0.15) is 0 Å². The van der Waals surface area contributed by atoms with E-state index in [0.29, 0.717) is 5.41 Å². The average molecular weight is 129 g/mol. The summed E-state index contributed by atoms with van der Waals surface area (Å²) in [6, 6.07) is 0. The van der Waals surface area contributed by atoms with Crippen LogP contribution in [-0.2, 0) is 0 Å². The third-order valence-corrected chi connectivity index (χ3v) is 1.18. The summed E-state index contributed by atoms with van der Waals surface area (Å²) < 4.78 is 0. The van der Waals surface area contributed by atoms with E-state index in [0.717, 1.165) is 6.42 Å². The molecule has 0 aromatic heterocycles. The Bertz CT molecular complexity index is 54.8. The summed E-state index contributed by atoms with van der Waals surface area (Å²) in [5.74, 6) is 0. The second kappa shape index (κ2) is 8.29. The van der Waals surface area contributed by atoms with Gasteiger partial charge in [0.25, 0.3) is 0 Å². The van der Waals surface area contributed by atoms with E-state index in [1.54, 1.807) is 0 Å². The first-order valence-corrected chi connectivity index (χ1v) is 3.35. The fourth-order valence-corrected chi connectivity index (χ4v) is 0.655. The van der Waals surface area contributed by atoms with Gasteiger partial charge in [-0.15, -0.1) is 0 Å². The quantitative estimate of drug-likeness (QED) is 0.498. The molecule has 0 unspecified atom stereocenters. The number of unbranched alkanes of at least 4 members (excludes halogenated alkanes) is 1. The Balaban J connectivity index is -0.000000245. The summed E-state index contributed by atoms with van der Waals surface area (Å²) in [5, 5.41) is 0. The van der Waals surface area contributed by atoms with Gasteiger partial charge in [0.2, 0.25) is 0 Å². The zero-order valence-electron chi connectivity index (χ0n) is 6.33. The summed E-state index contributed by atoms with van der Waals surface area (Å²) in [5.41, 5.74) is 0.512. The van der Waals surface area contributed by atoms with E-state index in [1.807, 2.05) is 0 Å². The van der Waals surface area contributed by atoms with Crippen molar-refractivity contribution < 1.29 is 0 Å². The summed E-state index contributed by atoms with van der Waals surface area (Å²) in [4.78, 5) is 0. The molecule has 0 aliphatic carbocycles. The third kappa shape index (κ3) is 16.1. The fraction of sp³-hybridized carbons (Fsp3) is 0.875. The van der Waals surface area contributed by atoms with Crippen molar-refractivity contribution >= 4 is 37.7 Å². The van der Waals surface area contributed by atoms with E-state index in [4.69, 9.17) is 0 Å². The second-order valence-electron chi connectivity index (χ2n) is 3.52. The Morgan fingerprint density at radius 1 is 1.10 bits per heavy atom. The van der Waals surface area contributed by atoms with Crippen molar-refractivity contribution in [1.82, 2.24) is 0 Å². The van der Waals surface area contributed by atoms with Gasteiger partial charge in [0.1, 0.15) is 0 Å². The molecule has 0 fully saturated rings. The number of hydrogen-bond donors (Lipinski definition) is 0. The first-order valence-electron chi connectivity index (χ1n) is 3.35. The molecular formula is C8H19Li2. The van der Waals surface area contributed by atoms with Crippen LogP contribution in [0.3, 0.4) is 0 Å². The van der Waals surface area contributed by atoms with E-state index in [1.165, 1.54) is 12.8 Å². The van der Waals surface area contributed by atoms with Crippen LogP contribution in [0.2, 0.25) is 0 Å². The van der Waals surface area contributed by atoms with Crippen LogP contribution in [0, 0.1) is 12.3 Å². The Labute approximate surface area is 89.9 Å². The Kier molecular flexibility index (Phi) is 14.4. The van der Waals surface area contributed by atoms with Crippen LogP contribution in [0.15, 0.2) is 0 Å². The molecule has 53 valence electrons. The Hall–Kier alpha value is 1.19. The van der Waals surface area contributed by atoms with Crippen LogP contribution >= 0.6 is 0 Å². The number of rotatable bonds is 2. The minimum atomic E-state index is 0. The van der Waals surface area contributed by atoms with Gasteiger partial charge in [-0.3, -0.25) is 0 Å². The molecule has 0 heterocycles. The van der Waals surface area contributed by atoms with Gasteiger partial charge >= 0.3 is 37.7 Å². The second-order valence-corrected chi connectivity index (χ2v) is 3.52. The maximum atomic E-state index is 3.79. The fourth-order valence-electron chi connectivity index (χ4n) is 0.655. The van der Waals surface area contributed by atoms with Crippen LogP contribution in [0.4, 0.5) is 0 Å². The van der Waals surface area contributed by atoms with Crippen molar-refractivity contribution in [3.05, 3.63) is 6.92 Å². The van der Waals surface area contributed by atoms with Crippen LogP contribution in [0.25, 0.3) is 0 Å². The van der Waals surface area contributed by atoms with E-state index in [-0.39, 0.29) is 37.7 Å². The first kappa shape index (κ1) is 17.3. The molecule has 0 bridgehead atoms. The SMILES string of the molecule is [CH2]CCCC(C)(C)C.[LiH].[LiH]. The van der Waals surface area contributed by atoms with Gasteiger partial charge in [0.05, 0.1) is 0 Å². The molecule has 0 N–H and O–H groups in total. The van der Waals surface area contributed by atoms with Crippen molar-refractivity contribution in [3.63, 3.8) is 0 Å². The van der Waals surface area contributed by atoms with Crippen molar-refractivity contribution in [3.8, 4) is 0 Å². The van der Waals surface area contributed by atoms with Gasteiger partial charge in [-0.05, 0) is 11.8 Å². The van der Waals surface area contributed by atoms with Crippen LogP contribution in [-0.4, -0.2) is 37.7 Å². The summed E-state index contributed by atoms with van der Waals surface area (Å²) in [6.45, 7) is 10.6. The van der Waals surface area contributed by atoms with Crippen LogP contribution in [0.1, 0.15) is 40.0 Å². The molecule has 0 nitrogen and oxygen atoms in total. The summed E-state index contributed by atoms with van der Waals surface area (Å²) in [7, 11) is 0. The molecule has 2 heteroatoms. The molecule has 0 aliphatic rings. The van der Waals surface area contributed by atoms with Crippen LogP contribution < -0.4 is 0 Å². The number of hydrogen-bond acceptors (Lipinski definition) is 0. The summed E-state index contributed by atoms with van der Waals surface area (Å²) >= 11 is 0. The molecule has 0 amide bonds. The normalized spacial score (nSPS) is 9.60. The zero-order valence-corrected chi connectivity index (χ0v) is 6.33. The Morgan fingerprint density at radius 2 is 1.50 bits per heavy atom. The Morgan fingerprint density at radius 3 is 1.60 bits per heavy atom. The first-order chi connectivity index (χ1) is 3.56. The van der Waals surface area contributed by atoms with Crippen molar-refractivity contribution in [2.24, 2.45) is 5.41 Å². The van der Waals surface area contributed by atoms with Crippen molar-refractivity contribution in [1.29, 1.82) is 0 Å². The molecule has 0 atom stereocenters. The topological polar surface area (TPSA) is 0 Å². The molecule has 0 rings (SSSR count). The minimum absolute atomic E-state index is 0. The van der Waals surface area contributed by atoms with Crippen molar-refractivity contribution in [2.75, 3.05) is 0 Å². The molecule has 0 saturated carbocycles. The molecular weight excluding hydrogens is 110 g/mol. The molecule has 0 saturated heterocycles. The predicted octanol–water partition coefficient (Wildman–Crippen LogP) is 1.74. The van der Waals surface area contributed by atoms with E-state index in [9.17, 15) is 0 Å². The van der Waals surface area contributed by atoms with Gasteiger partial charge in [0, 0.05) is 0 Å². The zero-order chi connectivity index (χ0) is 6.62. The van der Waals surface area contributed by atoms with Crippen molar-refractivity contribution in [2.45, 2.75) is 40.0 Å². The van der Waals surface area contributed by atoms with Gasteiger partial charge in [-0.1, -0.05) is 40.5 Å². The molecule has 10 heavy (non-hydrogen) atoms. The third-order valence-electron chi connectivity index (χ3n) is 1.18. The molecule has 0 aliphatic heterocycles. The molecule has 0 aromatic carbocycles. The van der Waals surface area contributed by atoms with Gasteiger partial charge in [-0.25, -0.2) is 0 Å². The van der Waals surface area contributed by atoms with Gasteiger partial charge < -0.3 is 0 Å². The van der Waals surface area contributed by atoms with E-state index in [2.05, 4.69) is 27.7 Å². The molecule has 1 radical (unpaired) electrons. The van der Waals surface area contributed by atoms with E-state index < -0.39 is 0 Å². The standard InChI is InChI=1S/C8H17.2Li.2H/c1-5-6-7-8(2,3)4;;;;/h1,5-7H2,2-4H3;;;;.